The molecule has 1 unspecified atom stereocenters. The molecule has 1 aliphatic heterocycles. The zero-order chi connectivity index (χ0) is 14.1. The highest BCUT2D eigenvalue weighted by molar-refractivity contribution is 9.10. The molecular formula is C16H18BrN3. The summed E-state index contributed by atoms with van der Waals surface area (Å²) in [6.45, 7) is 3.55. The predicted octanol–water partition coefficient (Wildman–Crippen LogP) is 3.04. The average Bonchev–Trinajstić information content (AvgIpc) is 2.46. The van der Waals surface area contributed by atoms with Gasteiger partial charge in [-0.2, -0.15) is 0 Å². The number of fused-ring (bicyclic) bond motifs is 1. The fourth-order valence-electron chi connectivity index (χ4n) is 2.78. The standard InChI is InChI=1S/C16H18BrN3/c1-11-6-15(17)16(19-9-11)20-10-13-5-3-2-4-12(13)7-14(20)8-18/h2-6,9,14H,7-8,10,18H2,1H3. The second-order valence-corrected chi connectivity index (χ2v) is 6.16. The second kappa shape index (κ2) is 5.54. The Balaban J connectivity index is 2.00. The molecule has 0 spiro atoms. The highest BCUT2D eigenvalue weighted by atomic mass is 79.9. The van der Waals surface area contributed by atoms with Crippen LogP contribution >= 0.6 is 15.9 Å². The van der Waals surface area contributed by atoms with Crippen LogP contribution in [0.25, 0.3) is 0 Å². The molecule has 1 aromatic carbocycles. The van der Waals surface area contributed by atoms with Crippen LogP contribution in [0.15, 0.2) is 41.0 Å². The van der Waals surface area contributed by atoms with E-state index in [2.05, 4.69) is 56.1 Å². The van der Waals surface area contributed by atoms with Gasteiger partial charge in [0.05, 0.1) is 4.47 Å². The summed E-state index contributed by atoms with van der Waals surface area (Å²) in [5, 5.41) is 0. The van der Waals surface area contributed by atoms with Gasteiger partial charge in [0.1, 0.15) is 5.82 Å². The van der Waals surface area contributed by atoms with E-state index in [9.17, 15) is 0 Å². The van der Waals surface area contributed by atoms with Crippen molar-refractivity contribution in [2.45, 2.75) is 25.9 Å². The normalized spacial score (nSPS) is 17.9. The van der Waals surface area contributed by atoms with Crippen molar-refractivity contribution < 1.29 is 0 Å². The lowest BCUT2D eigenvalue weighted by atomic mass is 9.94. The van der Waals surface area contributed by atoms with Gasteiger partial charge >= 0.3 is 0 Å². The van der Waals surface area contributed by atoms with E-state index in [0.717, 1.165) is 28.8 Å². The molecule has 2 N–H and O–H groups in total. The summed E-state index contributed by atoms with van der Waals surface area (Å²) in [6.07, 6.45) is 2.89. The average molecular weight is 332 g/mol. The summed E-state index contributed by atoms with van der Waals surface area (Å²) in [7, 11) is 0. The van der Waals surface area contributed by atoms with E-state index in [4.69, 9.17) is 5.73 Å². The van der Waals surface area contributed by atoms with Gasteiger partial charge in [-0.05, 0) is 52.0 Å². The van der Waals surface area contributed by atoms with Crippen molar-refractivity contribution in [2.75, 3.05) is 11.4 Å². The van der Waals surface area contributed by atoms with Crippen molar-refractivity contribution in [1.82, 2.24) is 4.98 Å². The molecule has 1 aromatic heterocycles. The van der Waals surface area contributed by atoms with Crippen LogP contribution in [-0.2, 0) is 13.0 Å². The SMILES string of the molecule is Cc1cnc(N2Cc3ccccc3CC2CN)c(Br)c1. The summed E-state index contributed by atoms with van der Waals surface area (Å²) < 4.78 is 1.04. The highest BCUT2D eigenvalue weighted by Gasteiger charge is 2.27. The minimum Gasteiger partial charge on any atom is -0.347 e. The topological polar surface area (TPSA) is 42.2 Å². The maximum Gasteiger partial charge on any atom is 0.143 e. The van der Waals surface area contributed by atoms with Crippen LogP contribution in [-0.4, -0.2) is 17.6 Å². The molecule has 0 aliphatic carbocycles. The number of hydrogen-bond acceptors (Lipinski definition) is 3. The van der Waals surface area contributed by atoms with Crippen molar-refractivity contribution in [3.8, 4) is 0 Å². The zero-order valence-electron chi connectivity index (χ0n) is 11.5. The Labute approximate surface area is 127 Å². The third kappa shape index (κ3) is 2.45. The quantitative estimate of drug-likeness (QED) is 0.919. The number of halogens is 1. The summed E-state index contributed by atoms with van der Waals surface area (Å²) in [4.78, 5) is 6.91. The van der Waals surface area contributed by atoms with Gasteiger partial charge in [-0.3, -0.25) is 0 Å². The molecule has 0 fully saturated rings. The first-order chi connectivity index (χ1) is 9.69. The molecule has 1 atom stereocenters. The number of nitrogens with two attached hydrogens (primary N) is 1. The van der Waals surface area contributed by atoms with Gasteiger partial charge in [-0.15, -0.1) is 0 Å². The van der Waals surface area contributed by atoms with Gasteiger partial charge in [0.15, 0.2) is 0 Å². The van der Waals surface area contributed by atoms with Crippen molar-refractivity contribution in [3.63, 3.8) is 0 Å². The van der Waals surface area contributed by atoms with Gasteiger partial charge in [-0.25, -0.2) is 4.98 Å². The van der Waals surface area contributed by atoms with Gasteiger partial charge in [0, 0.05) is 25.3 Å². The molecule has 0 radical (unpaired) electrons. The number of pyridine rings is 1. The van der Waals surface area contributed by atoms with Crippen LogP contribution in [0.2, 0.25) is 0 Å². The summed E-state index contributed by atoms with van der Waals surface area (Å²) in [5.41, 5.74) is 9.91. The predicted molar refractivity (Wildman–Crippen MR) is 85.8 cm³/mol. The third-order valence-corrected chi connectivity index (χ3v) is 4.44. The number of hydrogen-bond donors (Lipinski definition) is 1. The lowest BCUT2D eigenvalue weighted by Gasteiger charge is -2.37. The third-order valence-electron chi connectivity index (χ3n) is 3.86. The fraction of sp³-hybridized carbons (Fsp3) is 0.312. The molecule has 3 rings (SSSR count). The molecule has 0 amide bonds. The molecule has 1 aliphatic rings. The smallest absolute Gasteiger partial charge is 0.143 e. The number of benzene rings is 1. The molecule has 0 bridgehead atoms. The van der Waals surface area contributed by atoms with Crippen molar-refractivity contribution in [3.05, 3.63) is 57.7 Å². The highest BCUT2D eigenvalue weighted by Crippen LogP contribution is 2.31. The molecule has 4 heteroatoms. The molecule has 104 valence electrons. The Morgan fingerprint density at radius 2 is 2.10 bits per heavy atom. The molecule has 0 saturated heterocycles. The Bertz CT molecular complexity index is 627. The second-order valence-electron chi connectivity index (χ2n) is 5.31. The van der Waals surface area contributed by atoms with Gasteiger partial charge in [-0.1, -0.05) is 24.3 Å². The number of aromatic nitrogens is 1. The monoisotopic (exact) mass is 331 g/mol. The van der Waals surface area contributed by atoms with E-state index < -0.39 is 0 Å². The maximum atomic E-state index is 5.98. The molecule has 0 saturated carbocycles. The first-order valence-corrected chi connectivity index (χ1v) is 7.64. The Morgan fingerprint density at radius 1 is 1.35 bits per heavy atom. The molecule has 3 nitrogen and oxygen atoms in total. The van der Waals surface area contributed by atoms with Crippen molar-refractivity contribution >= 4 is 21.7 Å². The number of rotatable bonds is 2. The number of anilines is 1. The van der Waals surface area contributed by atoms with E-state index in [1.165, 1.54) is 11.1 Å². The Kier molecular flexibility index (Phi) is 3.76. The first-order valence-electron chi connectivity index (χ1n) is 6.84. The minimum absolute atomic E-state index is 0.302. The van der Waals surface area contributed by atoms with Crippen molar-refractivity contribution in [2.24, 2.45) is 5.73 Å². The van der Waals surface area contributed by atoms with Gasteiger partial charge in [0.2, 0.25) is 0 Å². The van der Waals surface area contributed by atoms with Crippen LogP contribution in [0, 0.1) is 6.92 Å². The summed E-state index contributed by atoms with van der Waals surface area (Å²) in [5.74, 6) is 0.987. The summed E-state index contributed by atoms with van der Waals surface area (Å²) in [6, 6.07) is 11.0. The Morgan fingerprint density at radius 3 is 2.80 bits per heavy atom. The van der Waals surface area contributed by atoms with Crippen LogP contribution in [0.1, 0.15) is 16.7 Å². The number of nitrogens with zero attached hydrogens (tertiary/aromatic N) is 2. The van der Waals surface area contributed by atoms with Gasteiger partial charge < -0.3 is 10.6 Å². The first kappa shape index (κ1) is 13.6. The lowest BCUT2D eigenvalue weighted by molar-refractivity contribution is 0.555. The van der Waals surface area contributed by atoms with E-state index in [1.807, 2.05) is 13.1 Å². The van der Waals surface area contributed by atoms with E-state index in [0.29, 0.717) is 12.6 Å². The van der Waals surface area contributed by atoms with Gasteiger partial charge in [0.25, 0.3) is 0 Å². The van der Waals surface area contributed by atoms with E-state index in [-0.39, 0.29) is 0 Å². The summed E-state index contributed by atoms with van der Waals surface area (Å²) >= 11 is 3.63. The number of aryl methyl sites for hydroxylation is 1. The van der Waals surface area contributed by atoms with E-state index in [1.54, 1.807) is 0 Å². The van der Waals surface area contributed by atoms with Crippen LogP contribution in [0.5, 0.6) is 0 Å². The molecule has 2 aromatic rings. The molecule has 20 heavy (non-hydrogen) atoms. The van der Waals surface area contributed by atoms with Crippen LogP contribution in [0.3, 0.4) is 0 Å². The van der Waals surface area contributed by atoms with Crippen LogP contribution < -0.4 is 10.6 Å². The molecular weight excluding hydrogens is 314 g/mol. The minimum atomic E-state index is 0.302. The largest absolute Gasteiger partial charge is 0.347 e. The molecule has 2 heterocycles. The lowest BCUT2D eigenvalue weighted by Crippen LogP contribution is -2.45. The van der Waals surface area contributed by atoms with E-state index >= 15 is 0 Å². The van der Waals surface area contributed by atoms with Crippen molar-refractivity contribution in [1.29, 1.82) is 0 Å². The van der Waals surface area contributed by atoms with Crippen LogP contribution in [0.4, 0.5) is 5.82 Å². The maximum absolute atomic E-state index is 5.98. The zero-order valence-corrected chi connectivity index (χ0v) is 13.1. The Hall–Kier alpha value is -1.39. The fourth-order valence-corrected chi connectivity index (χ4v) is 3.47.